The number of hydrogen-bond donors (Lipinski definition) is 0. The molecule has 19 heavy (non-hydrogen) atoms. The van der Waals surface area contributed by atoms with Crippen LogP contribution in [0, 0.1) is 5.92 Å². The summed E-state index contributed by atoms with van der Waals surface area (Å²) in [4.78, 5) is 2.65. The Morgan fingerprint density at radius 3 is 2.95 bits per heavy atom. The van der Waals surface area contributed by atoms with Crippen LogP contribution in [0.2, 0.25) is 0 Å². The number of hydrogen-bond acceptors (Lipinski definition) is 1. The van der Waals surface area contributed by atoms with Gasteiger partial charge in [0.05, 0.1) is 0 Å². The van der Waals surface area contributed by atoms with Gasteiger partial charge in [-0.2, -0.15) is 0 Å². The average Bonchev–Trinajstić information content (AvgIpc) is 2.40. The molecule has 102 valence electrons. The van der Waals surface area contributed by atoms with Crippen LogP contribution in [0.5, 0.6) is 0 Å². The first kappa shape index (κ1) is 12.9. The van der Waals surface area contributed by atoms with Crippen LogP contribution in [0.25, 0.3) is 0 Å². The highest BCUT2D eigenvalue weighted by Gasteiger charge is 2.45. The fraction of sp³-hybridized carbons (Fsp3) is 0.556. The fourth-order valence-corrected chi connectivity index (χ4v) is 4.38. The fourth-order valence-electron chi connectivity index (χ4n) is 4.38. The van der Waals surface area contributed by atoms with Gasteiger partial charge >= 0.3 is 0 Å². The van der Waals surface area contributed by atoms with Crippen molar-refractivity contribution >= 4 is 0 Å². The van der Waals surface area contributed by atoms with E-state index in [1.165, 1.54) is 25.8 Å². The van der Waals surface area contributed by atoms with Crippen molar-refractivity contribution in [3.63, 3.8) is 0 Å². The van der Waals surface area contributed by atoms with Crippen LogP contribution in [0.4, 0.5) is 0 Å². The maximum atomic E-state index is 3.93. The van der Waals surface area contributed by atoms with Crippen molar-refractivity contribution in [1.82, 2.24) is 4.90 Å². The van der Waals surface area contributed by atoms with Gasteiger partial charge in [0, 0.05) is 12.6 Å². The summed E-state index contributed by atoms with van der Waals surface area (Å²) >= 11 is 0. The molecule has 2 aliphatic rings. The lowest BCUT2D eigenvalue weighted by Crippen LogP contribution is -2.55. The maximum absolute atomic E-state index is 3.93. The Morgan fingerprint density at radius 2 is 2.16 bits per heavy atom. The Bertz CT molecular complexity index is 474. The van der Waals surface area contributed by atoms with E-state index in [2.05, 4.69) is 55.7 Å². The van der Waals surface area contributed by atoms with Gasteiger partial charge in [0.15, 0.2) is 0 Å². The minimum absolute atomic E-state index is 0.305. The summed E-state index contributed by atoms with van der Waals surface area (Å²) in [6.07, 6.45) is 5.99. The minimum atomic E-state index is 0.305. The van der Waals surface area contributed by atoms with Gasteiger partial charge in [-0.1, -0.05) is 44.2 Å². The molecule has 1 heterocycles. The second-order valence-electron chi connectivity index (χ2n) is 6.68. The second-order valence-corrected chi connectivity index (χ2v) is 6.68. The van der Waals surface area contributed by atoms with Gasteiger partial charge < -0.3 is 0 Å². The molecule has 0 aromatic heterocycles. The van der Waals surface area contributed by atoms with Gasteiger partial charge in [-0.15, -0.1) is 6.58 Å². The first-order valence-electron chi connectivity index (χ1n) is 7.58. The first-order valence-corrected chi connectivity index (χ1v) is 7.58. The Labute approximate surface area is 117 Å². The standard InChI is InChI=1S/C18H25N/c1-4-11-19-12-7-10-16-17(19)13-14-8-5-6-9-15(14)18(16,2)3/h4-6,8-9,16-17H,1,7,10-13H2,2-3H3. The average molecular weight is 255 g/mol. The summed E-state index contributed by atoms with van der Waals surface area (Å²) in [7, 11) is 0. The summed E-state index contributed by atoms with van der Waals surface area (Å²) in [6.45, 7) is 11.1. The van der Waals surface area contributed by atoms with Crippen LogP contribution in [-0.4, -0.2) is 24.0 Å². The van der Waals surface area contributed by atoms with E-state index >= 15 is 0 Å². The predicted molar refractivity (Wildman–Crippen MR) is 81.5 cm³/mol. The van der Waals surface area contributed by atoms with E-state index in [4.69, 9.17) is 0 Å². The van der Waals surface area contributed by atoms with Crippen molar-refractivity contribution in [1.29, 1.82) is 0 Å². The van der Waals surface area contributed by atoms with Gasteiger partial charge in [0.25, 0.3) is 0 Å². The van der Waals surface area contributed by atoms with Crippen molar-refractivity contribution in [3.8, 4) is 0 Å². The van der Waals surface area contributed by atoms with Crippen LogP contribution < -0.4 is 0 Å². The summed E-state index contributed by atoms with van der Waals surface area (Å²) in [5, 5.41) is 0. The van der Waals surface area contributed by atoms with E-state index in [-0.39, 0.29) is 0 Å². The number of rotatable bonds is 2. The smallest absolute Gasteiger partial charge is 0.0176 e. The molecule has 1 aliphatic carbocycles. The molecular formula is C18H25N. The van der Waals surface area contributed by atoms with Gasteiger partial charge in [0.1, 0.15) is 0 Å². The number of likely N-dealkylation sites (tertiary alicyclic amines) is 1. The number of fused-ring (bicyclic) bond motifs is 2. The van der Waals surface area contributed by atoms with Gasteiger partial charge in [-0.3, -0.25) is 4.90 Å². The van der Waals surface area contributed by atoms with Gasteiger partial charge in [-0.25, -0.2) is 0 Å². The summed E-state index contributed by atoms with van der Waals surface area (Å²) in [6, 6.07) is 9.77. The van der Waals surface area contributed by atoms with Crippen molar-refractivity contribution < 1.29 is 0 Å². The Morgan fingerprint density at radius 1 is 1.37 bits per heavy atom. The highest BCUT2D eigenvalue weighted by atomic mass is 15.2. The first-order chi connectivity index (χ1) is 9.14. The zero-order valence-electron chi connectivity index (χ0n) is 12.2. The lowest BCUT2D eigenvalue weighted by atomic mass is 9.60. The molecule has 0 N–H and O–H groups in total. The molecular weight excluding hydrogens is 230 g/mol. The Kier molecular flexibility index (Phi) is 3.26. The number of piperidine rings is 1. The quantitative estimate of drug-likeness (QED) is 0.727. The van der Waals surface area contributed by atoms with Crippen LogP contribution in [-0.2, 0) is 11.8 Å². The van der Waals surface area contributed by atoms with E-state index in [0.717, 1.165) is 12.5 Å². The molecule has 1 saturated heterocycles. The van der Waals surface area contributed by atoms with Crippen LogP contribution in [0.3, 0.4) is 0 Å². The lowest BCUT2D eigenvalue weighted by Gasteiger charge is -2.52. The third kappa shape index (κ3) is 2.04. The maximum Gasteiger partial charge on any atom is 0.0176 e. The van der Waals surface area contributed by atoms with E-state index in [1.54, 1.807) is 11.1 Å². The minimum Gasteiger partial charge on any atom is -0.296 e. The molecule has 0 amide bonds. The zero-order chi connectivity index (χ0) is 13.5. The van der Waals surface area contributed by atoms with E-state index in [1.807, 2.05) is 0 Å². The van der Waals surface area contributed by atoms with Crippen LogP contribution in [0.1, 0.15) is 37.8 Å². The number of nitrogens with zero attached hydrogens (tertiary/aromatic N) is 1. The highest BCUT2D eigenvalue weighted by molar-refractivity contribution is 5.38. The molecule has 0 radical (unpaired) electrons. The van der Waals surface area contributed by atoms with E-state index in [0.29, 0.717) is 11.5 Å². The third-order valence-corrected chi connectivity index (χ3v) is 5.33. The molecule has 1 aliphatic heterocycles. The molecule has 0 bridgehead atoms. The predicted octanol–water partition coefficient (Wildman–Crippen LogP) is 3.79. The summed E-state index contributed by atoms with van der Waals surface area (Å²) in [5.41, 5.74) is 3.45. The third-order valence-electron chi connectivity index (χ3n) is 5.33. The normalized spacial score (nSPS) is 29.4. The monoisotopic (exact) mass is 255 g/mol. The van der Waals surface area contributed by atoms with Crippen molar-refractivity contribution in [2.45, 2.75) is 44.6 Å². The molecule has 0 saturated carbocycles. The van der Waals surface area contributed by atoms with E-state index < -0.39 is 0 Å². The van der Waals surface area contributed by atoms with Gasteiger partial charge in [-0.05, 0) is 48.3 Å². The molecule has 1 nitrogen and oxygen atoms in total. The molecule has 1 aromatic rings. The van der Waals surface area contributed by atoms with Crippen molar-refractivity contribution in [2.24, 2.45) is 5.92 Å². The van der Waals surface area contributed by atoms with Crippen molar-refractivity contribution in [2.75, 3.05) is 13.1 Å². The molecule has 2 unspecified atom stereocenters. The molecule has 1 fully saturated rings. The van der Waals surface area contributed by atoms with Crippen molar-refractivity contribution in [3.05, 3.63) is 48.0 Å². The Hall–Kier alpha value is -1.08. The number of benzene rings is 1. The second kappa shape index (κ2) is 4.79. The lowest BCUT2D eigenvalue weighted by molar-refractivity contribution is 0.0529. The van der Waals surface area contributed by atoms with Gasteiger partial charge in [0.2, 0.25) is 0 Å². The summed E-state index contributed by atoms with van der Waals surface area (Å²) in [5.74, 6) is 0.788. The molecule has 1 aromatic carbocycles. The largest absolute Gasteiger partial charge is 0.296 e. The zero-order valence-corrected chi connectivity index (χ0v) is 12.2. The Balaban J connectivity index is 2.01. The molecule has 3 rings (SSSR count). The summed E-state index contributed by atoms with van der Waals surface area (Å²) < 4.78 is 0. The molecule has 2 atom stereocenters. The molecule has 0 spiro atoms. The molecule has 1 heteroatoms. The van der Waals surface area contributed by atoms with E-state index in [9.17, 15) is 0 Å². The SMILES string of the molecule is C=CCN1CCCC2C1Cc1ccccc1C2(C)C. The topological polar surface area (TPSA) is 3.24 Å². The van der Waals surface area contributed by atoms with Crippen LogP contribution >= 0.6 is 0 Å². The van der Waals surface area contributed by atoms with Crippen LogP contribution in [0.15, 0.2) is 36.9 Å². The highest BCUT2D eigenvalue weighted by Crippen LogP contribution is 2.46.